The number of rotatable bonds is 2. The van der Waals surface area contributed by atoms with Crippen LogP contribution in [0.1, 0.15) is 18.0 Å². The number of anilines is 1. The molecule has 2 aromatic rings. The Morgan fingerprint density at radius 1 is 1.53 bits per heavy atom. The zero-order valence-corrected chi connectivity index (χ0v) is 11.7. The number of fused-ring (bicyclic) bond motifs is 1. The van der Waals surface area contributed by atoms with Crippen molar-refractivity contribution in [1.29, 1.82) is 0 Å². The number of aromatic nitrogens is 3. The average molecular weight is 323 g/mol. The van der Waals surface area contributed by atoms with E-state index in [-0.39, 0.29) is 11.9 Å². The van der Waals surface area contributed by atoms with E-state index < -0.39 is 0 Å². The summed E-state index contributed by atoms with van der Waals surface area (Å²) >= 11 is 3.45. The number of ether oxygens (including phenoxy) is 1. The van der Waals surface area contributed by atoms with E-state index in [1.165, 1.54) is 6.33 Å². The monoisotopic (exact) mass is 322 g/mol. The molecule has 0 fully saturated rings. The molecule has 1 aromatic heterocycles. The Balaban J connectivity index is 2.03. The Morgan fingerprint density at radius 2 is 2.37 bits per heavy atom. The van der Waals surface area contributed by atoms with E-state index in [0.717, 1.165) is 15.8 Å². The van der Waals surface area contributed by atoms with E-state index >= 15 is 0 Å². The average Bonchev–Trinajstić information content (AvgIpc) is 2.85. The van der Waals surface area contributed by atoms with E-state index in [4.69, 9.17) is 4.74 Å². The van der Waals surface area contributed by atoms with E-state index in [2.05, 4.69) is 31.3 Å². The molecule has 0 spiro atoms. The van der Waals surface area contributed by atoms with Gasteiger partial charge in [0, 0.05) is 0 Å². The molecule has 1 aliphatic rings. The maximum absolute atomic E-state index is 11.7. The molecule has 0 aliphatic carbocycles. The SMILES string of the molecule is COc1ccc([C@@H]2CC(=O)Nc3ncnn32)cc1Br. The molecule has 1 N–H and O–H groups in total. The van der Waals surface area contributed by atoms with Crippen LogP contribution in [0.15, 0.2) is 29.0 Å². The Kier molecular flexibility index (Phi) is 2.98. The van der Waals surface area contributed by atoms with Gasteiger partial charge in [-0.15, -0.1) is 0 Å². The largest absolute Gasteiger partial charge is 0.496 e. The van der Waals surface area contributed by atoms with Crippen molar-refractivity contribution in [1.82, 2.24) is 14.8 Å². The second-order valence-electron chi connectivity index (χ2n) is 4.19. The van der Waals surface area contributed by atoms with Crippen LogP contribution in [0, 0.1) is 0 Å². The molecule has 98 valence electrons. The Bertz CT molecular complexity index is 640. The number of carbonyl (C=O) groups excluding carboxylic acids is 1. The molecule has 6 nitrogen and oxygen atoms in total. The van der Waals surface area contributed by atoms with Gasteiger partial charge >= 0.3 is 0 Å². The molecular weight excluding hydrogens is 312 g/mol. The third-order valence-corrected chi connectivity index (χ3v) is 3.68. The van der Waals surface area contributed by atoms with Gasteiger partial charge in [0.25, 0.3) is 0 Å². The number of halogens is 1. The van der Waals surface area contributed by atoms with Gasteiger partial charge < -0.3 is 4.74 Å². The first-order valence-electron chi connectivity index (χ1n) is 5.72. The van der Waals surface area contributed by atoms with Crippen molar-refractivity contribution in [2.24, 2.45) is 0 Å². The third kappa shape index (κ3) is 2.10. The molecule has 1 aliphatic heterocycles. The summed E-state index contributed by atoms with van der Waals surface area (Å²) < 4.78 is 7.77. The molecule has 1 amide bonds. The number of nitrogens with zero attached hydrogens (tertiary/aromatic N) is 3. The van der Waals surface area contributed by atoms with Gasteiger partial charge in [0.15, 0.2) is 0 Å². The van der Waals surface area contributed by atoms with Crippen molar-refractivity contribution in [3.63, 3.8) is 0 Å². The van der Waals surface area contributed by atoms with E-state index in [0.29, 0.717) is 12.4 Å². The van der Waals surface area contributed by atoms with Crippen LogP contribution in [-0.2, 0) is 4.79 Å². The number of hydrogen-bond acceptors (Lipinski definition) is 4. The predicted molar refractivity (Wildman–Crippen MR) is 72.1 cm³/mol. The fourth-order valence-electron chi connectivity index (χ4n) is 2.15. The van der Waals surface area contributed by atoms with Gasteiger partial charge in [0.05, 0.1) is 24.0 Å². The maximum Gasteiger partial charge on any atom is 0.229 e. The minimum Gasteiger partial charge on any atom is -0.496 e. The van der Waals surface area contributed by atoms with Gasteiger partial charge in [-0.05, 0) is 33.6 Å². The minimum atomic E-state index is -0.145. The topological polar surface area (TPSA) is 69.0 Å². The first kappa shape index (κ1) is 12.2. The van der Waals surface area contributed by atoms with E-state index in [9.17, 15) is 4.79 Å². The van der Waals surface area contributed by atoms with Crippen molar-refractivity contribution in [3.8, 4) is 5.75 Å². The predicted octanol–water partition coefficient (Wildman–Crippen LogP) is 1.98. The molecule has 7 heteroatoms. The zero-order chi connectivity index (χ0) is 13.4. The lowest BCUT2D eigenvalue weighted by Crippen LogP contribution is -2.29. The standard InChI is InChI=1S/C12H11BrN4O2/c1-19-10-3-2-7(4-8(10)13)9-5-11(18)16-12-14-6-15-17(9)12/h2-4,6,9H,5H2,1H3,(H,14,15,16,18)/t9-/m0/s1. The summed E-state index contributed by atoms with van der Waals surface area (Å²) in [4.78, 5) is 15.7. The summed E-state index contributed by atoms with van der Waals surface area (Å²) in [5.41, 5.74) is 0.981. The number of methoxy groups -OCH3 is 1. The van der Waals surface area contributed by atoms with Crippen LogP contribution in [0.5, 0.6) is 5.75 Å². The van der Waals surface area contributed by atoms with Gasteiger partial charge in [-0.3, -0.25) is 10.1 Å². The second kappa shape index (κ2) is 4.65. The van der Waals surface area contributed by atoms with Crippen LogP contribution >= 0.6 is 15.9 Å². The molecule has 0 bridgehead atoms. The highest BCUT2D eigenvalue weighted by Crippen LogP contribution is 2.33. The highest BCUT2D eigenvalue weighted by atomic mass is 79.9. The van der Waals surface area contributed by atoms with Crippen molar-refractivity contribution in [2.45, 2.75) is 12.5 Å². The molecule has 3 rings (SSSR count). The molecule has 0 unspecified atom stereocenters. The van der Waals surface area contributed by atoms with Gasteiger partial charge in [-0.1, -0.05) is 6.07 Å². The summed E-state index contributed by atoms with van der Waals surface area (Å²) in [6.45, 7) is 0. The fourth-order valence-corrected chi connectivity index (χ4v) is 2.71. The van der Waals surface area contributed by atoms with Crippen LogP contribution < -0.4 is 10.1 Å². The van der Waals surface area contributed by atoms with Crippen LogP contribution in [0.3, 0.4) is 0 Å². The van der Waals surface area contributed by atoms with Gasteiger partial charge in [-0.2, -0.15) is 10.1 Å². The summed E-state index contributed by atoms with van der Waals surface area (Å²) in [5.74, 6) is 1.17. The summed E-state index contributed by atoms with van der Waals surface area (Å²) in [7, 11) is 1.61. The Labute approximate surface area is 117 Å². The molecule has 0 saturated carbocycles. The minimum absolute atomic E-state index is 0.0579. The number of carbonyl (C=O) groups is 1. The molecule has 2 heterocycles. The number of amides is 1. The van der Waals surface area contributed by atoms with Crippen molar-refractivity contribution in [2.75, 3.05) is 12.4 Å². The summed E-state index contributed by atoms with van der Waals surface area (Å²) in [6.07, 6.45) is 1.78. The summed E-state index contributed by atoms with van der Waals surface area (Å²) in [6, 6.07) is 5.59. The van der Waals surface area contributed by atoms with Crippen LogP contribution in [0.25, 0.3) is 0 Å². The van der Waals surface area contributed by atoms with Crippen molar-refractivity contribution < 1.29 is 9.53 Å². The van der Waals surface area contributed by atoms with Gasteiger partial charge in [0.2, 0.25) is 11.9 Å². The normalized spacial score (nSPS) is 17.8. The third-order valence-electron chi connectivity index (χ3n) is 3.06. The Morgan fingerprint density at radius 3 is 3.11 bits per heavy atom. The number of nitrogens with one attached hydrogen (secondary N) is 1. The first-order valence-corrected chi connectivity index (χ1v) is 6.51. The highest BCUT2D eigenvalue weighted by Gasteiger charge is 2.27. The van der Waals surface area contributed by atoms with Crippen LogP contribution in [-0.4, -0.2) is 27.8 Å². The van der Waals surface area contributed by atoms with Crippen LogP contribution in [0.4, 0.5) is 5.95 Å². The smallest absolute Gasteiger partial charge is 0.229 e. The van der Waals surface area contributed by atoms with Crippen molar-refractivity contribution >= 4 is 27.8 Å². The van der Waals surface area contributed by atoms with E-state index in [1.54, 1.807) is 11.8 Å². The highest BCUT2D eigenvalue weighted by molar-refractivity contribution is 9.10. The first-order chi connectivity index (χ1) is 9.19. The van der Waals surface area contributed by atoms with Crippen LogP contribution in [0.2, 0.25) is 0 Å². The summed E-state index contributed by atoms with van der Waals surface area (Å²) in [5, 5.41) is 6.86. The van der Waals surface area contributed by atoms with Gasteiger partial charge in [0.1, 0.15) is 12.1 Å². The van der Waals surface area contributed by atoms with E-state index in [1.807, 2.05) is 18.2 Å². The quantitative estimate of drug-likeness (QED) is 0.917. The molecule has 0 radical (unpaired) electrons. The fraction of sp³-hybridized carbons (Fsp3) is 0.250. The molecule has 0 saturated heterocycles. The number of hydrogen-bond donors (Lipinski definition) is 1. The Hall–Kier alpha value is -1.89. The maximum atomic E-state index is 11.7. The zero-order valence-electron chi connectivity index (χ0n) is 10.1. The van der Waals surface area contributed by atoms with Gasteiger partial charge in [-0.25, -0.2) is 4.68 Å². The second-order valence-corrected chi connectivity index (χ2v) is 5.04. The molecule has 1 atom stereocenters. The lowest BCUT2D eigenvalue weighted by molar-refractivity contribution is -0.117. The van der Waals surface area contributed by atoms with Crippen molar-refractivity contribution in [3.05, 3.63) is 34.6 Å². The molecule has 1 aromatic carbocycles. The lowest BCUT2D eigenvalue weighted by Gasteiger charge is -2.24. The number of benzene rings is 1. The lowest BCUT2D eigenvalue weighted by atomic mass is 10.0. The molecule has 19 heavy (non-hydrogen) atoms. The molecular formula is C12H11BrN4O2.